The summed E-state index contributed by atoms with van der Waals surface area (Å²) in [6.07, 6.45) is 0.744. The van der Waals surface area contributed by atoms with Crippen LogP contribution in [0.3, 0.4) is 0 Å². The number of fused-ring (bicyclic) bond motifs is 1. The SMILES string of the molecule is Cc1oc(-c2cccs2)nc1CN1CCc2nc(-c3ccccc3)[nH]c(=O)c2C1. The highest BCUT2D eigenvalue weighted by Gasteiger charge is 2.23. The van der Waals surface area contributed by atoms with Gasteiger partial charge in [-0.05, 0) is 18.4 Å². The molecule has 0 unspecified atom stereocenters. The van der Waals surface area contributed by atoms with E-state index in [0.29, 0.717) is 24.8 Å². The van der Waals surface area contributed by atoms with Gasteiger partial charge in [0.25, 0.3) is 5.56 Å². The molecular weight excluding hydrogens is 384 g/mol. The van der Waals surface area contributed by atoms with Crippen molar-refractivity contribution in [2.45, 2.75) is 26.4 Å². The van der Waals surface area contributed by atoms with Gasteiger partial charge in [0.15, 0.2) is 0 Å². The van der Waals surface area contributed by atoms with Gasteiger partial charge in [0.05, 0.1) is 21.8 Å². The predicted octanol–water partition coefficient (Wildman–Crippen LogP) is 4.02. The Morgan fingerprint density at radius 2 is 2.03 bits per heavy atom. The predicted molar refractivity (Wildman–Crippen MR) is 113 cm³/mol. The van der Waals surface area contributed by atoms with Crippen molar-refractivity contribution >= 4 is 11.3 Å². The number of nitrogens with zero attached hydrogens (tertiary/aromatic N) is 3. The second-order valence-corrected chi connectivity index (χ2v) is 8.11. The molecule has 0 fully saturated rings. The molecule has 3 aromatic heterocycles. The van der Waals surface area contributed by atoms with Gasteiger partial charge in [-0.1, -0.05) is 36.4 Å². The maximum atomic E-state index is 12.7. The van der Waals surface area contributed by atoms with Crippen LogP contribution in [0.15, 0.2) is 57.1 Å². The summed E-state index contributed by atoms with van der Waals surface area (Å²) < 4.78 is 5.85. The lowest BCUT2D eigenvalue weighted by Crippen LogP contribution is -2.35. The third-order valence-corrected chi connectivity index (χ3v) is 6.05. The van der Waals surface area contributed by atoms with Crippen LogP contribution in [0.5, 0.6) is 0 Å². The fourth-order valence-corrected chi connectivity index (χ4v) is 4.29. The number of thiophene rings is 1. The van der Waals surface area contributed by atoms with Gasteiger partial charge in [-0.15, -0.1) is 11.3 Å². The first kappa shape index (κ1) is 18.0. The van der Waals surface area contributed by atoms with E-state index < -0.39 is 0 Å². The first-order valence-corrected chi connectivity index (χ1v) is 10.5. The Bertz CT molecular complexity index is 1200. The smallest absolute Gasteiger partial charge is 0.255 e. The number of oxazole rings is 1. The first-order chi connectivity index (χ1) is 14.2. The zero-order valence-corrected chi connectivity index (χ0v) is 16.8. The lowest BCUT2D eigenvalue weighted by atomic mass is 10.1. The van der Waals surface area contributed by atoms with Crippen molar-refractivity contribution in [3.63, 3.8) is 0 Å². The molecule has 29 heavy (non-hydrogen) atoms. The van der Waals surface area contributed by atoms with Gasteiger partial charge in [-0.25, -0.2) is 9.97 Å². The van der Waals surface area contributed by atoms with E-state index in [1.807, 2.05) is 54.8 Å². The maximum absolute atomic E-state index is 12.7. The largest absolute Gasteiger partial charge is 0.440 e. The van der Waals surface area contributed by atoms with Crippen LogP contribution < -0.4 is 5.56 Å². The summed E-state index contributed by atoms with van der Waals surface area (Å²) in [5.74, 6) is 2.12. The second kappa shape index (κ2) is 7.42. The molecule has 0 saturated carbocycles. The van der Waals surface area contributed by atoms with E-state index in [1.54, 1.807) is 11.3 Å². The fraction of sp³-hybridized carbons (Fsp3) is 0.227. The van der Waals surface area contributed by atoms with Gasteiger partial charge >= 0.3 is 0 Å². The lowest BCUT2D eigenvalue weighted by molar-refractivity contribution is 0.238. The molecule has 0 radical (unpaired) electrons. The molecule has 0 saturated heterocycles. The Morgan fingerprint density at radius 3 is 2.83 bits per heavy atom. The van der Waals surface area contributed by atoms with Gasteiger partial charge in [0, 0.05) is 31.6 Å². The number of H-pyrrole nitrogens is 1. The summed E-state index contributed by atoms with van der Waals surface area (Å²) >= 11 is 1.61. The summed E-state index contributed by atoms with van der Waals surface area (Å²) in [6, 6.07) is 13.8. The molecule has 1 aromatic carbocycles. The summed E-state index contributed by atoms with van der Waals surface area (Å²) in [6.45, 7) is 3.99. The van der Waals surface area contributed by atoms with E-state index in [2.05, 4.69) is 14.9 Å². The Labute approximate surface area is 171 Å². The van der Waals surface area contributed by atoms with E-state index >= 15 is 0 Å². The van der Waals surface area contributed by atoms with Crippen molar-refractivity contribution in [1.82, 2.24) is 19.9 Å². The number of aryl methyl sites for hydroxylation is 1. The quantitative estimate of drug-likeness (QED) is 0.556. The maximum Gasteiger partial charge on any atom is 0.255 e. The molecule has 6 nitrogen and oxygen atoms in total. The van der Waals surface area contributed by atoms with Crippen LogP contribution in [0.2, 0.25) is 0 Å². The highest BCUT2D eigenvalue weighted by molar-refractivity contribution is 7.13. The highest BCUT2D eigenvalue weighted by Crippen LogP contribution is 2.27. The Balaban J connectivity index is 1.37. The van der Waals surface area contributed by atoms with Crippen molar-refractivity contribution in [1.29, 1.82) is 0 Å². The van der Waals surface area contributed by atoms with Gasteiger partial charge in [-0.3, -0.25) is 9.69 Å². The van der Waals surface area contributed by atoms with Gasteiger partial charge in [0.2, 0.25) is 5.89 Å². The van der Waals surface area contributed by atoms with E-state index in [0.717, 1.165) is 46.1 Å². The molecule has 0 bridgehead atoms. The van der Waals surface area contributed by atoms with E-state index in [1.165, 1.54) is 0 Å². The van der Waals surface area contributed by atoms with E-state index in [4.69, 9.17) is 9.40 Å². The Hall–Kier alpha value is -3.03. The summed E-state index contributed by atoms with van der Waals surface area (Å²) in [4.78, 5) is 28.3. The van der Waals surface area contributed by atoms with E-state index in [-0.39, 0.29) is 5.56 Å². The standard InChI is InChI=1S/C22H20N4O2S/c1-14-18(24-22(28-14)19-8-5-11-29-19)13-26-10-9-17-16(12-26)21(27)25-20(23-17)15-6-3-2-4-7-15/h2-8,11H,9-10,12-13H2,1H3,(H,23,25,27). The third-order valence-electron chi connectivity index (χ3n) is 5.19. The Kier molecular flexibility index (Phi) is 4.61. The number of nitrogens with one attached hydrogen (secondary N) is 1. The van der Waals surface area contributed by atoms with Crippen LogP contribution in [0, 0.1) is 6.92 Å². The molecule has 1 N–H and O–H groups in total. The van der Waals surface area contributed by atoms with Crippen molar-refractivity contribution in [2.24, 2.45) is 0 Å². The van der Waals surface area contributed by atoms with Crippen LogP contribution in [0.1, 0.15) is 22.7 Å². The molecule has 7 heteroatoms. The van der Waals surface area contributed by atoms with Crippen LogP contribution in [0.4, 0.5) is 0 Å². The van der Waals surface area contributed by atoms with Crippen molar-refractivity contribution < 1.29 is 4.42 Å². The molecule has 1 aliphatic rings. The zero-order valence-electron chi connectivity index (χ0n) is 16.0. The molecule has 0 aliphatic carbocycles. The molecule has 146 valence electrons. The number of hydrogen-bond donors (Lipinski definition) is 1. The molecule has 4 aromatic rings. The van der Waals surface area contributed by atoms with Gasteiger partial charge in [0.1, 0.15) is 11.6 Å². The number of aromatic amines is 1. The molecule has 5 rings (SSSR count). The van der Waals surface area contributed by atoms with Crippen LogP contribution >= 0.6 is 11.3 Å². The summed E-state index contributed by atoms with van der Waals surface area (Å²) in [7, 11) is 0. The summed E-state index contributed by atoms with van der Waals surface area (Å²) in [5, 5.41) is 2.01. The number of aromatic nitrogens is 3. The van der Waals surface area contributed by atoms with Gasteiger partial charge in [-0.2, -0.15) is 0 Å². The topological polar surface area (TPSA) is 75.0 Å². The highest BCUT2D eigenvalue weighted by atomic mass is 32.1. The average molecular weight is 404 g/mol. The lowest BCUT2D eigenvalue weighted by Gasteiger charge is -2.27. The zero-order chi connectivity index (χ0) is 19.8. The minimum Gasteiger partial charge on any atom is -0.440 e. The van der Waals surface area contributed by atoms with Crippen molar-refractivity contribution in [2.75, 3.05) is 6.54 Å². The minimum atomic E-state index is -0.0605. The number of hydrogen-bond acceptors (Lipinski definition) is 6. The molecule has 1 aliphatic heterocycles. The molecule has 4 heterocycles. The van der Waals surface area contributed by atoms with Gasteiger partial charge < -0.3 is 9.40 Å². The minimum absolute atomic E-state index is 0.0605. The van der Waals surface area contributed by atoms with Crippen LogP contribution in [-0.4, -0.2) is 26.4 Å². The number of benzene rings is 1. The average Bonchev–Trinajstić information content (AvgIpc) is 3.39. The molecule has 0 amide bonds. The second-order valence-electron chi connectivity index (χ2n) is 7.17. The fourth-order valence-electron chi connectivity index (χ4n) is 3.64. The normalized spacial score (nSPS) is 14.1. The monoisotopic (exact) mass is 404 g/mol. The number of rotatable bonds is 4. The molecule has 0 spiro atoms. The van der Waals surface area contributed by atoms with Crippen LogP contribution in [0.25, 0.3) is 22.2 Å². The molecule has 0 atom stereocenters. The molecular formula is C22H20N4O2S. The van der Waals surface area contributed by atoms with E-state index in [9.17, 15) is 4.79 Å². The first-order valence-electron chi connectivity index (χ1n) is 9.57. The van der Waals surface area contributed by atoms with Crippen molar-refractivity contribution in [3.05, 3.63) is 80.9 Å². The Morgan fingerprint density at radius 1 is 1.17 bits per heavy atom. The third kappa shape index (κ3) is 3.54. The van der Waals surface area contributed by atoms with Crippen LogP contribution in [-0.2, 0) is 19.5 Å². The van der Waals surface area contributed by atoms with Crippen molar-refractivity contribution in [3.8, 4) is 22.2 Å². The summed E-state index contributed by atoms with van der Waals surface area (Å²) in [5.41, 5.74) is 3.42.